The maximum Gasteiger partial charge on any atom is 0.418 e. The van der Waals surface area contributed by atoms with E-state index in [1.54, 1.807) is 18.2 Å². The molecule has 1 unspecified atom stereocenters. The second kappa shape index (κ2) is 7.25. The fourth-order valence-corrected chi connectivity index (χ4v) is 1.56. The van der Waals surface area contributed by atoms with Crippen LogP contribution >= 0.6 is 0 Å². The Labute approximate surface area is 115 Å². The van der Waals surface area contributed by atoms with Gasteiger partial charge in [0.1, 0.15) is 0 Å². The third-order valence-electron chi connectivity index (χ3n) is 2.60. The quantitative estimate of drug-likeness (QED) is 0.609. The van der Waals surface area contributed by atoms with Gasteiger partial charge < -0.3 is 14.9 Å². The number of esters is 1. The Morgan fingerprint density at radius 1 is 1.25 bits per heavy atom. The molecule has 2 N–H and O–H groups in total. The molecule has 7 nitrogen and oxygen atoms in total. The number of rotatable bonds is 5. The van der Waals surface area contributed by atoms with E-state index in [2.05, 4.69) is 4.74 Å². The van der Waals surface area contributed by atoms with Crippen LogP contribution in [0.25, 0.3) is 0 Å². The zero-order valence-corrected chi connectivity index (χ0v) is 10.9. The van der Waals surface area contributed by atoms with Gasteiger partial charge in [-0.25, -0.2) is 14.4 Å². The van der Waals surface area contributed by atoms with Crippen LogP contribution in [0.2, 0.25) is 0 Å². The Kier molecular flexibility index (Phi) is 5.67. The number of hydrogen-bond acceptors (Lipinski definition) is 5. The molecule has 1 atom stereocenters. The zero-order chi connectivity index (χ0) is 15.1. The van der Waals surface area contributed by atoms with Crippen LogP contribution in [-0.2, 0) is 9.53 Å². The standard InChI is InChI=1S/C13H15NO6/c1-2-14(10(8-15)11(16)17)13(19)20-12(18)9-6-4-3-5-7-9/h3-7,10,15H,2,8H2,1H3,(H,16,17). The summed E-state index contributed by atoms with van der Waals surface area (Å²) in [5, 5.41) is 17.9. The number of aliphatic hydroxyl groups is 1. The summed E-state index contributed by atoms with van der Waals surface area (Å²) in [5.74, 6) is -2.26. The first-order valence-electron chi connectivity index (χ1n) is 5.92. The van der Waals surface area contributed by atoms with Crippen molar-refractivity contribution in [3.63, 3.8) is 0 Å². The average molecular weight is 281 g/mol. The zero-order valence-electron chi connectivity index (χ0n) is 10.9. The number of likely N-dealkylation sites (N-methyl/N-ethyl adjacent to an activating group) is 1. The maximum atomic E-state index is 11.8. The molecule has 0 saturated carbocycles. The molecule has 20 heavy (non-hydrogen) atoms. The summed E-state index contributed by atoms with van der Waals surface area (Å²) < 4.78 is 4.60. The van der Waals surface area contributed by atoms with Crippen LogP contribution in [-0.4, -0.2) is 52.3 Å². The Balaban J connectivity index is 2.78. The molecule has 0 aliphatic rings. The Hall–Kier alpha value is -2.41. The molecule has 0 aliphatic carbocycles. The monoisotopic (exact) mass is 281 g/mol. The van der Waals surface area contributed by atoms with Crippen molar-refractivity contribution in [1.29, 1.82) is 0 Å². The molecule has 1 rings (SSSR count). The van der Waals surface area contributed by atoms with Gasteiger partial charge in [-0.3, -0.25) is 4.90 Å². The number of carbonyl (C=O) groups excluding carboxylic acids is 2. The lowest BCUT2D eigenvalue weighted by atomic mass is 10.2. The maximum absolute atomic E-state index is 11.8. The lowest BCUT2D eigenvalue weighted by Crippen LogP contribution is -2.47. The number of aliphatic carboxylic acids is 1. The first-order valence-corrected chi connectivity index (χ1v) is 5.92. The summed E-state index contributed by atoms with van der Waals surface area (Å²) in [5.41, 5.74) is 0.174. The van der Waals surface area contributed by atoms with Crippen LogP contribution in [0.1, 0.15) is 17.3 Å². The van der Waals surface area contributed by atoms with Gasteiger partial charge in [-0.05, 0) is 19.1 Å². The van der Waals surface area contributed by atoms with E-state index < -0.39 is 30.7 Å². The van der Waals surface area contributed by atoms with Gasteiger partial charge >= 0.3 is 18.0 Å². The van der Waals surface area contributed by atoms with Crippen LogP contribution in [0.3, 0.4) is 0 Å². The van der Waals surface area contributed by atoms with Gasteiger partial charge in [-0.2, -0.15) is 0 Å². The number of carbonyl (C=O) groups is 3. The molecule has 0 aromatic heterocycles. The van der Waals surface area contributed by atoms with E-state index in [0.717, 1.165) is 4.90 Å². The fourth-order valence-electron chi connectivity index (χ4n) is 1.56. The molecule has 0 heterocycles. The van der Waals surface area contributed by atoms with E-state index in [0.29, 0.717) is 0 Å². The minimum absolute atomic E-state index is 0.0154. The predicted octanol–water partition coefficient (Wildman–Crippen LogP) is 0.731. The summed E-state index contributed by atoms with van der Waals surface area (Å²) in [7, 11) is 0. The van der Waals surface area contributed by atoms with Gasteiger partial charge in [0.05, 0.1) is 12.2 Å². The molecule has 0 spiro atoms. The molecular weight excluding hydrogens is 266 g/mol. The van der Waals surface area contributed by atoms with Crippen molar-refractivity contribution in [1.82, 2.24) is 4.90 Å². The lowest BCUT2D eigenvalue weighted by Gasteiger charge is -2.24. The third kappa shape index (κ3) is 3.79. The second-order valence-electron chi connectivity index (χ2n) is 3.84. The molecule has 0 aliphatic heterocycles. The number of aliphatic hydroxyl groups excluding tert-OH is 1. The van der Waals surface area contributed by atoms with E-state index >= 15 is 0 Å². The lowest BCUT2D eigenvalue weighted by molar-refractivity contribution is -0.144. The smallest absolute Gasteiger partial charge is 0.418 e. The molecule has 1 amide bonds. The summed E-state index contributed by atoms with van der Waals surface area (Å²) in [6, 6.07) is 6.39. The van der Waals surface area contributed by atoms with Gasteiger partial charge in [0, 0.05) is 6.54 Å². The molecule has 1 aromatic rings. The molecule has 0 saturated heterocycles. The van der Waals surface area contributed by atoms with E-state index in [1.807, 2.05) is 0 Å². The van der Waals surface area contributed by atoms with Crippen molar-refractivity contribution in [3.8, 4) is 0 Å². The second-order valence-corrected chi connectivity index (χ2v) is 3.84. The van der Waals surface area contributed by atoms with Crippen molar-refractivity contribution in [2.75, 3.05) is 13.2 Å². The minimum atomic E-state index is -1.45. The van der Waals surface area contributed by atoms with Gasteiger partial charge in [0.25, 0.3) is 0 Å². The van der Waals surface area contributed by atoms with Crippen LogP contribution in [0, 0.1) is 0 Å². The number of amides is 1. The highest BCUT2D eigenvalue weighted by atomic mass is 16.6. The van der Waals surface area contributed by atoms with Crippen LogP contribution in [0.15, 0.2) is 30.3 Å². The number of carboxylic acids is 1. The molecule has 108 valence electrons. The number of ether oxygens (including phenoxy) is 1. The highest BCUT2D eigenvalue weighted by Crippen LogP contribution is 2.07. The molecule has 1 aromatic carbocycles. The third-order valence-corrected chi connectivity index (χ3v) is 2.60. The van der Waals surface area contributed by atoms with E-state index in [-0.39, 0.29) is 12.1 Å². The van der Waals surface area contributed by atoms with Gasteiger partial charge in [-0.1, -0.05) is 18.2 Å². The van der Waals surface area contributed by atoms with Crippen molar-refractivity contribution in [3.05, 3.63) is 35.9 Å². The van der Waals surface area contributed by atoms with Crippen LogP contribution < -0.4 is 0 Å². The molecular formula is C13H15NO6. The van der Waals surface area contributed by atoms with Crippen molar-refractivity contribution in [2.45, 2.75) is 13.0 Å². The van der Waals surface area contributed by atoms with E-state index in [4.69, 9.17) is 10.2 Å². The molecule has 0 bridgehead atoms. The van der Waals surface area contributed by atoms with E-state index in [9.17, 15) is 14.4 Å². The summed E-state index contributed by atoms with van der Waals surface area (Å²) in [4.78, 5) is 35.1. The Morgan fingerprint density at radius 2 is 1.85 bits per heavy atom. The Bertz CT molecular complexity index is 487. The highest BCUT2D eigenvalue weighted by Gasteiger charge is 2.30. The SMILES string of the molecule is CCN(C(=O)OC(=O)c1ccccc1)C(CO)C(=O)O. The van der Waals surface area contributed by atoms with Crippen LogP contribution in [0.4, 0.5) is 4.79 Å². The summed E-state index contributed by atoms with van der Waals surface area (Å²) in [6.07, 6.45) is -1.11. The van der Waals surface area contributed by atoms with E-state index in [1.165, 1.54) is 19.1 Å². The van der Waals surface area contributed by atoms with Gasteiger partial charge in [0.15, 0.2) is 6.04 Å². The highest BCUT2D eigenvalue weighted by molar-refractivity contribution is 5.97. The first-order chi connectivity index (χ1) is 9.51. The normalized spacial score (nSPS) is 11.5. The number of carboxylic acid groups (broad SMARTS) is 1. The molecule has 0 fully saturated rings. The number of hydrogen-bond donors (Lipinski definition) is 2. The van der Waals surface area contributed by atoms with Crippen molar-refractivity contribution >= 4 is 18.0 Å². The average Bonchev–Trinajstić information content (AvgIpc) is 2.44. The number of benzene rings is 1. The predicted molar refractivity (Wildman–Crippen MR) is 68.1 cm³/mol. The van der Waals surface area contributed by atoms with Crippen molar-refractivity contribution in [2.24, 2.45) is 0 Å². The van der Waals surface area contributed by atoms with Gasteiger partial charge in [0.2, 0.25) is 0 Å². The Morgan fingerprint density at radius 3 is 2.30 bits per heavy atom. The largest absolute Gasteiger partial charge is 0.480 e. The van der Waals surface area contributed by atoms with Crippen molar-refractivity contribution < 1.29 is 29.3 Å². The molecule has 7 heteroatoms. The minimum Gasteiger partial charge on any atom is -0.480 e. The first kappa shape index (κ1) is 15.6. The summed E-state index contributed by atoms with van der Waals surface area (Å²) >= 11 is 0. The number of nitrogens with zero attached hydrogens (tertiary/aromatic N) is 1. The fraction of sp³-hybridized carbons (Fsp3) is 0.308. The van der Waals surface area contributed by atoms with Crippen LogP contribution in [0.5, 0.6) is 0 Å². The molecule has 0 radical (unpaired) electrons. The summed E-state index contributed by atoms with van der Waals surface area (Å²) in [6.45, 7) is 0.732. The topological polar surface area (TPSA) is 104 Å². The van der Waals surface area contributed by atoms with Gasteiger partial charge in [-0.15, -0.1) is 0 Å².